The molecule has 6 heteroatoms. The molecule has 184 valence electrons. The van der Waals surface area contributed by atoms with E-state index < -0.39 is 0 Å². The van der Waals surface area contributed by atoms with Crippen LogP contribution in [0.5, 0.6) is 17.2 Å². The largest absolute Gasteiger partial charge is 0.497 e. The van der Waals surface area contributed by atoms with Gasteiger partial charge in [-0.2, -0.15) is 0 Å². The van der Waals surface area contributed by atoms with Crippen molar-refractivity contribution in [2.75, 3.05) is 40.1 Å². The highest BCUT2D eigenvalue weighted by Crippen LogP contribution is 2.43. The van der Waals surface area contributed by atoms with Gasteiger partial charge >= 0.3 is 0 Å². The van der Waals surface area contributed by atoms with E-state index in [4.69, 9.17) is 14.2 Å². The van der Waals surface area contributed by atoms with Crippen molar-refractivity contribution in [1.82, 2.24) is 9.80 Å². The zero-order valence-corrected chi connectivity index (χ0v) is 20.8. The van der Waals surface area contributed by atoms with Crippen molar-refractivity contribution in [3.8, 4) is 17.2 Å². The fraction of sp³-hybridized carbons (Fsp3) is 0.536. The standard InChI is InChI=1S/C28H38N2O4/c1-4-6-14-29(15-7-5-2)28(31)19-30-18-23(22-10-13-26-27(17-22)34-20-33-26)16-25(30)21-8-11-24(32-3)12-9-21/h8-13,17,23,25H,4-7,14-16,18-20H2,1-3H3. The van der Waals surface area contributed by atoms with Gasteiger partial charge in [0.25, 0.3) is 0 Å². The Hall–Kier alpha value is -2.73. The van der Waals surface area contributed by atoms with Crippen LogP contribution in [0, 0.1) is 0 Å². The van der Waals surface area contributed by atoms with Gasteiger partial charge < -0.3 is 19.1 Å². The molecule has 2 heterocycles. The van der Waals surface area contributed by atoms with Crippen molar-refractivity contribution < 1.29 is 19.0 Å². The maximum atomic E-state index is 13.4. The number of rotatable bonds is 11. The van der Waals surface area contributed by atoms with Gasteiger partial charge in [0.2, 0.25) is 12.7 Å². The number of likely N-dealkylation sites (tertiary alicyclic amines) is 1. The van der Waals surface area contributed by atoms with Crippen LogP contribution in [0.2, 0.25) is 0 Å². The molecule has 34 heavy (non-hydrogen) atoms. The third-order valence-corrected chi connectivity index (χ3v) is 7.03. The van der Waals surface area contributed by atoms with Crippen molar-refractivity contribution in [3.05, 3.63) is 53.6 Å². The summed E-state index contributed by atoms with van der Waals surface area (Å²) in [5, 5.41) is 0. The molecule has 2 aromatic carbocycles. The lowest BCUT2D eigenvalue weighted by Crippen LogP contribution is -2.41. The van der Waals surface area contributed by atoms with Crippen molar-refractivity contribution in [2.24, 2.45) is 0 Å². The topological polar surface area (TPSA) is 51.2 Å². The number of ether oxygens (including phenoxy) is 3. The lowest BCUT2D eigenvalue weighted by Gasteiger charge is -2.29. The molecule has 0 aliphatic carbocycles. The van der Waals surface area contributed by atoms with E-state index in [-0.39, 0.29) is 18.7 Å². The second kappa shape index (κ2) is 11.6. The minimum Gasteiger partial charge on any atom is -0.497 e. The molecule has 2 aromatic rings. The van der Waals surface area contributed by atoms with Gasteiger partial charge in [0.1, 0.15) is 5.75 Å². The second-order valence-electron chi connectivity index (χ2n) is 9.35. The lowest BCUT2D eigenvalue weighted by atomic mass is 9.93. The average Bonchev–Trinajstić information content (AvgIpc) is 3.50. The van der Waals surface area contributed by atoms with E-state index in [1.165, 1.54) is 11.1 Å². The zero-order valence-electron chi connectivity index (χ0n) is 20.8. The van der Waals surface area contributed by atoms with Gasteiger partial charge in [0, 0.05) is 25.7 Å². The number of unbranched alkanes of at least 4 members (excludes halogenated alkanes) is 2. The molecule has 2 aliphatic rings. The highest BCUT2D eigenvalue weighted by atomic mass is 16.7. The molecule has 2 atom stereocenters. The van der Waals surface area contributed by atoms with Crippen LogP contribution in [0.4, 0.5) is 0 Å². The Kier molecular flexibility index (Phi) is 8.33. The van der Waals surface area contributed by atoms with Crippen LogP contribution in [0.15, 0.2) is 42.5 Å². The van der Waals surface area contributed by atoms with E-state index in [0.29, 0.717) is 12.5 Å². The average molecular weight is 467 g/mol. The number of nitrogens with zero attached hydrogens (tertiary/aromatic N) is 2. The van der Waals surface area contributed by atoms with Crippen LogP contribution in [0.25, 0.3) is 0 Å². The van der Waals surface area contributed by atoms with Gasteiger partial charge in [-0.3, -0.25) is 9.69 Å². The summed E-state index contributed by atoms with van der Waals surface area (Å²) in [5.41, 5.74) is 2.47. The van der Waals surface area contributed by atoms with E-state index in [9.17, 15) is 4.79 Å². The number of methoxy groups -OCH3 is 1. The third-order valence-electron chi connectivity index (χ3n) is 7.03. The second-order valence-corrected chi connectivity index (χ2v) is 9.35. The van der Waals surface area contributed by atoms with Gasteiger partial charge in [-0.15, -0.1) is 0 Å². The van der Waals surface area contributed by atoms with Crippen LogP contribution in [0.3, 0.4) is 0 Å². The van der Waals surface area contributed by atoms with Gasteiger partial charge in [-0.25, -0.2) is 0 Å². The number of carbonyl (C=O) groups is 1. The molecule has 2 unspecified atom stereocenters. The molecular formula is C28H38N2O4. The number of benzene rings is 2. The summed E-state index contributed by atoms with van der Waals surface area (Å²) in [7, 11) is 1.69. The number of hydrogen-bond acceptors (Lipinski definition) is 5. The predicted molar refractivity (Wildman–Crippen MR) is 134 cm³/mol. The zero-order chi connectivity index (χ0) is 23.9. The Labute approximate surface area is 203 Å². The molecule has 0 bridgehead atoms. The summed E-state index contributed by atoms with van der Waals surface area (Å²) in [6.07, 6.45) is 5.26. The maximum Gasteiger partial charge on any atom is 0.236 e. The van der Waals surface area contributed by atoms with Crippen LogP contribution in [-0.4, -0.2) is 55.8 Å². The molecule has 0 aromatic heterocycles. The number of carbonyl (C=O) groups excluding carboxylic acids is 1. The summed E-state index contributed by atoms with van der Waals surface area (Å²) in [5.74, 6) is 3.05. The Morgan fingerprint density at radius 1 is 1.00 bits per heavy atom. The number of amides is 1. The summed E-state index contributed by atoms with van der Waals surface area (Å²) in [6, 6.07) is 14.7. The maximum absolute atomic E-state index is 13.4. The predicted octanol–water partition coefficient (Wildman–Crippen LogP) is 5.38. The molecule has 0 saturated carbocycles. The molecule has 0 spiro atoms. The third kappa shape index (κ3) is 5.66. The van der Waals surface area contributed by atoms with Crippen molar-refractivity contribution >= 4 is 5.91 Å². The van der Waals surface area contributed by atoms with Crippen molar-refractivity contribution in [1.29, 1.82) is 0 Å². The lowest BCUT2D eigenvalue weighted by molar-refractivity contribution is -0.132. The first-order valence-corrected chi connectivity index (χ1v) is 12.7. The highest BCUT2D eigenvalue weighted by Gasteiger charge is 2.36. The van der Waals surface area contributed by atoms with Crippen LogP contribution in [-0.2, 0) is 4.79 Å². The molecule has 4 rings (SSSR count). The van der Waals surface area contributed by atoms with Crippen LogP contribution < -0.4 is 14.2 Å². The van der Waals surface area contributed by atoms with E-state index in [0.717, 1.165) is 69.0 Å². The fourth-order valence-electron chi connectivity index (χ4n) is 4.99. The monoisotopic (exact) mass is 466 g/mol. The molecular weight excluding hydrogens is 428 g/mol. The van der Waals surface area contributed by atoms with E-state index in [1.807, 2.05) is 18.2 Å². The van der Waals surface area contributed by atoms with E-state index in [2.05, 4.69) is 47.9 Å². The summed E-state index contributed by atoms with van der Waals surface area (Å²) in [6.45, 7) is 7.63. The Bertz CT molecular complexity index is 938. The molecule has 1 saturated heterocycles. The summed E-state index contributed by atoms with van der Waals surface area (Å²) in [4.78, 5) is 17.9. The number of hydrogen-bond donors (Lipinski definition) is 0. The smallest absolute Gasteiger partial charge is 0.236 e. The van der Waals surface area contributed by atoms with Crippen LogP contribution in [0.1, 0.15) is 69.0 Å². The first kappa shape index (κ1) is 24.4. The van der Waals surface area contributed by atoms with Crippen molar-refractivity contribution in [2.45, 2.75) is 57.9 Å². The minimum absolute atomic E-state index is 0.185. The van der Waals surface area contributed by atoms with Gasteiger partial charge in [-0.05, 0) is 60.6 Å². The van der Waals surface area contributed by atoms with E-state index >= 15 is 0 Å². The first-order chi connectivity index (χ1) is 16.6. The fourth-order valence-corrected chi connectivity index (χ4v) is 4.99. The van der Waals surface area contributed by atoms with Gasteiger partial charge in [0.15, 0.2) is 11.5 Å². The Balaban J connectivity index is 1.54. The Morgan fingerprint density at radius 3 is 2.35 bits per heavy atom. The Morgan fingerprint density at radius 2 is 1.68 bits per heavy atom. The molecule has 1 amide bonds. The molecule has 0 N–H and O–H groups in total. The number of fused-ring (bicyclic) bond motifs is 1. The van der Waals surface area contributed by atoms with Crippen LogP contribution >= 0.6 is 0 Å². The van der Waals surface area contributed by atoms with Crippen molar-refractivity contribution in [3.63, 3.8) is 0 Å². The highest BCUT2D eigenvalue weighted by molar-refractivity contribution is 5.78. The summed E-state index contributed by atoms with van der Waals surface area (Å²) < 4.78 is 16.5. The quantitative estimate of drug-likeness (QED) is 0.445. The molecule has 6 nitrogen and oxygen atoms in total. The SMILES string of the molecule is CCCCN(CCCC)C(=O)CN1CC(c2ccc3c(c2)OCO3)CC1c1ccc(OC)cc1. The molecule has 1 fully saturated rings. The minimum atomic E-state index is 0.185. The molecule has 2 aliphatic heterocycles. The summed E-state index contributed by atoms with van der Waals surface area (Å²) >= 11 is 0. The van der Waals surface area contributed by atoms with Gasteiger partial charge in [0.05, 0.1) is 13.7 Å². The molecule has 0 radical (unpaired) electrons. The first-order valence-electron chi connectivity index (χ1n) is 12.7. The normalized spacial score (nSPS) is 19.4. The van der Waals surface area contributed by atoms with Gasteiger partial charge in [-0.1, -0.05) is 44.9 Å². The van der Waals surface area contributed by atoms with E-state index in [1.54, 1.807) is 7.11 Å².